The third-order valence-corrected chi connectivity index (χ3v) is 3.07. The van der Waals surface area contributed by atoms with Gasteiger partial charge in [-0.15, -0.1) is 0 Å². The minimum Gasteiger partial charge on any atom is -0.475 e. The summed E-state index contributed by atoms with van der Waals surface area (Å²) in [4.78, 5) is 23.3. The normalized spacial score (nSPS) is 10.9. The molecule has 1 N–H and O–H groups in total. The van der Waals surface area contributed by atoms with Crippen LogP contribution in [0.25, 0.3) is 22.3 Å². The van der Waals surface area contributed by atoms with E-state index in [0.29, 0.717) is 11.4 Å². The zero-order valence-electron chi connectivity index (χ0n) is 11.0. The molecule has 3 rings (SSSR count). The number of imidazole rings is 1. The minimum absolute atomic E-state index is 0.193. The van der Waals surface area contributed by atoms with Crippen LogP contribution in [-0.4, -0.2) is 30.6 Å². The van der Waals surface area contributed by atoms with Gasteiger partial charge in [0.2, 0.25) is 5.82 Å². The van der Waals surface area contributed by atoms with Crippen molar-refractivity contribution in [2.24, 2.45) is 7.05 Å². The fourth-order valence-electron chi connectivity index (χ4n) is 2.11. The van der Waals surface area contributed by atoms with Gasteiger partial charge in [-0.3, -0.25) is 0 Å². The summed E-state index contributed by atoms with van der Waals surface area (Å²) in [7, 11) is 1.92. The molecule has 0 spiro atoms. The van der Waals surface area contributed by atoms with Crippen molar-refractivity contribution >= 4 is 17.0 Å². The second kappa shape index (κ2) is 4.41. The average Bonchev–Trinajstić information content (AvgIpc) is 2.79. The smallest absolute Gasteiger partial charge is 0.373 e. The van der Waals surface area contributed by atoms with Gasteiger partial charge < -0.3 is 9.67 Å². The molecule has 3 aromatic rings. The van der Waals surface area contributed by atoms with E-state index >= 15 is 0 Å². The molecule has 2 aromatic heterocycles. The first-order valence-corrected chi connectivity index (χ1v) is 6.05. The van der Waals surface area contributed by atoms with Gasteiger partial charge in [0.25, 0.3) is 0 Å². The molecule has 0 bridgehead atoms. The number of fused-ring (bicyclic) bond motifs is 1. The van der Waals surface area contributed by atoms with E-state index < -0.39 is 5.97 Å². The van der Waals surface area contributed by atoms with Crippen LogP contribution in [0.2, 0.25) is 0 Å². The van der Waals surface area contributed by atoms with Gasteiger partial charge in [-0.25, -0.2) is 19.7 Å². The van der Waals surface area contributed by atoms with Gasteiger partial charge in [0, 0.05) is 18.3 Å². The van der Waals surface area contributed by atoms with Crippen molar-refractivity contribution in [1.29, 1.82) is 0 Å². The number of benzene rings is 1. The summed E-state index contributed by atoms with van der Waals surface area (Å²) >= 11 is 0. The lowest BCUT2D eigenvalue weighted by Crippen LogP contribution is -2.06. The molecule has 6 nitrogen and oxygen atoms in total. The minimum atomic E-state index is -1.13. The third-order valence-electron chi connectivity index (χ3n) is 3.07. The monoisotopic (exact) mass is 268 g/mol. The standard InChI is InChI=1S/C14H12N4O2/c1-8-5-10(17-13(16-8)14(19)20)9-3-4-12-11(6-9)15-7-18(12)2/h3-7H,1-2H3,(H,19,20). The average molecular weight is 268 g/mol. The Morgan fingerprint density at radius 3 is 2.80 bits per heavy atom. The molecule has 0 unspecified atom stereocenters. The molecule has 2 heterocycles. The van der Waals surface area contributed by atoms with Crippen molar-refractivity contribution in [3.8, 4) is 11.3 Å². The number of aromatic nitrogens is 4. The van der Waals surface area contributed by atoms with Crippen LogP contribution < -0.4 is 0 Å². The second-order valence-corrected chi connectivity index (χ2v) is 4.58. The number of hydrogen-bond donors (Lipinski definition) is 1. The van der Waals surface area contributed by atoms with Gasteiger partial charge in [-0.05, 0) is 25.1 Å². The van der Waals surface area contributed by atoms with E-state index in [2.05, 4.69) is 15.0 Å². The lowest BCUT2D eigenvalue weighted by Gasteiger charge is -2.04. The van der Waals surface area contributed by atoms with Crippen LogP contribution in [-0.2, 0) is 7.05 Å². The number of carboxylic acids is 1. The maximum absolute atomic E-state index is 11.0. The quantitative estimate of drug-likeness (QED) is 0.769. The van der Waals surface area contributed by atoms with E-state index in [4.69, 9.17) is 5.11 Å². The van der Waals surface area contributed by atoms with Gasteiger partial charge in [0.15, 0.2) is 0 Å². The van der Waals surface area contributed by atoms with E-state index in [1.165, 1.54) is 0 Å². The summed E-state index contributed by atoms with van der Waals surface area (Å²) in [6, 6.07) is 7.49. The molecule has 0 aliphatic heterocycles. The van der Waals surface area contributed by atoms with E-state index in [9.17, 15) is 4.79 Å². The molecule has 0 aliphatic carbocycles. The Balaban J connectivity index is 2.17. The van der Waals surface area contributed by atoms with E-state index in [-0.39, 0.29) is 5.82 Å². The Hall–Kier alpha value is -2.76. The van der Waals surface area contributed by atoms with Crippen molar-refractivity contribution in [3.63, 3.8) is 0 Å². The predicted octanol–water partition coefficient (Wildman–Crippen LogP) is 2.04. The fourth-order valence-corrected chi connectivity index (χ4v) is 2.11. The third kappa shape index (κ3) is 2.01. The number of rotatable bonds is 2. The van der Waals surface area contributed by atoms with E-state index in [1.807, 2.05) is 29.8 Å². The molecular formula is C14H12N4O2. The van der Waals surface area contributed by atoms with Gasteiger partial charge in [0.1, 0.15) is 0 Å². The number of aromatic carboxylic acids is 1. The zero-order valence-corrected chi connectivity index (χ0v) is 11.0. The summed E-state index contributed by atoms with van der Waals surface area (Å²) in [5.41, 5.74) is 3.89. The first-order valence-electron chi connectivity index (χ1n) is 6.05. The van der Waals surface area contributed by atoms with Crippen molar-refractivity contribution in [2.75, 3.05) is 0 Å². The highest BCUT2D eigenvalue weighted by molar-refractivity contribution is 5.85. The van der Waals surface area contributed by atoms with Crippen LogP contribution in [0.4, 0.5) is 0 Å². The molecule has 0 saturated heterocycles. The van der Waals surface area contributed by atoms with Gasteiger partial charge >= 0.3 is 5.97 Å². The topological polar surface area (TPSA) is 80.9 Å². The first kappa shape index (κ1) is 12.3. The Morgan fingerprint density at radius 2 is 2.05 bits per heavy atom. The number of carbonyl (C=O) groups is 1. The molecular weight excluding hydrogens is 256 g/mol. The molecule has 0 fully saturated rings. The lowest BCUT2D eigenvalue weighted by molar-refractivity contribution is 0.0683. The van der Waals surface area contributed by atoms with Crippen molar-refractivity contribution in [1.82, 2.24) is 19.5 Å². The van der Waals surface area contributed by atoms with E-state index in [1.54, 1.807) is 19.3 Å². The van der Waals surface area contributed by atoms with Crippen molar-refractivity contribution < 1.29 is 9.90 Å². The Bertz CT molecular complexity index is 823. The summed E-state index contributed by atoms with van der Waals surface area (Å²) < 4.78 is 1.92. The predicted molar refractivity (Wildman–Crippen MR) is 73.4 cm³/mol. The molecule has 20 heavy (non-hydrogen) atoms. The summed E-state index contributed by atoms with van der Waals surface area (Å²) in [6.07, 6.45) is 1.74. The van der Waals surface area contributed by atoms with Gasteiger partial charge in [-0.2, -0.15) is 0 Å². The number of aryl methyl sites for hydroxylation is 2. The van der Waals surface area contributed by atoms with Crippen LogP contribution in [0, 0.1) is 6.92 Å². The summed E-state index contributed by atoms with van der Waals surface area (Å²) in [5, 5.41) is 9.02. The number of hydrogen-bond acceptors (Lipinski definition) is 4. The summed E-state index contributed by atoms with van der Waals surface area (Å²) in [5.74, 6) is -1.32. The molecule has 0 atom stereocenters. The fraction of sp³-hybridized carbons (Fsp3) is 0.143. The van der Waals surface area contributed by atoms with Gasteiger partial charge in [-0.1, -0.05) is 6.07 Å². The van der Waals surface area contributed by atoms with Crippen LogP contribution >= 0.6 is 0 Å². The van der Waals surface area contributed by atoms with Crippen molar-refractivity contribution in [3.05, 3.63) is 42.1 Å². The highest BCUT2D eigenvalue weighted by atomic mass is 16.4. The SMILES string of the molecule is Cc1cc(-c2ccc3c(c2)ncn3C)nc(C(=O)O)n1. The van der Waals surface area contributed by atoms with Crippen LogP contribution in [0.3, 0.4) is 0 Å². The molecule has 0 amide bonds. The Morgan fingerprint density at radius 1 is 1.25 bits per heavy atom. The first-order chi connectivity index (χ1) is 9.54. The lowest BCUT2D eigenvalue weighted by atomic mass is 10.1. The number of nitrogens with zero attached hydrogens (tertiary/aromatic N) is 4. The molecule has 6 heteroatoms. The maximum atomic E-state index is 11.0. The highest BCUT2D eigenvalue weighted by Crippen LogP contribution is 2.22. The molecule has 0 radical (unpaired) electrons. The molecule has 100 valence electrons. The van der Waals surface area contributed by atoms with Gasteiger partial charge in [0.05, 0.1) is 23.1 Å². The Kier molecular flexibility index (Phi) is 2.71. The van der Waals surface area contributed by atoms with Crippen LogP contribution in [0.15, 0.2) is 30.6 Å². The Labute approximate surface area is 114 Å². The van der Waals surface area contributed by atoms with Crippen molar-refractivity contribution in [2.45, 2.75) is 6.92 Å². The van der Waals surface area contributed by atoms with Crippen LogP contribution in [0.5, 0.6) is 0 Å². The highest BCUT2D eigenvalue weighted by Gasteiger charge is 2.11. The maximum Gasteiger partial charge on any atom is 0.373 e. The molecule has 0 aliphatic rings. The zero-order chi connectivity index (χ0) is 14.3. The summed E-state index contributed by atoms with van der Waals surface area (Å²) in [6.45, 7) is 1.75. The molecule has 0 saturated carbocycles. The van der Waals surface area contributed by atoms with Crippen LogP contribution in [0.1, 0.15) is 16.3 Å². The second-order valence-electron chi connectivity index (χ2n) is 4.58. The van der Waals surface area contributed by atoms with E-state index in [0.717, 1.165) is 16.6 Å². The largest absolute Gasteiger partial charge is 0.475 e. The molecule has 1 aromatic carbocycles. The number of carboxylic acid groups (broad SMARTS) is 1.